The number of hydrogen-bond donors (Lipinski definition) is 2. The van der Waals surface area contributed by atoms with Crippen LogP contribution >= 0.6 is 15.9 Å². The van der Waals surface area contributed by atoms with Gasteiger partial charge in [-0.15, -0.1) is 10.2 Å². The summed E-state index contributed by atoms with van der Waals surface area (Å²) in [6, 6.07) is 8.91. The van der Waals surface area contributed by atoms with E-state index in [9.17, 15) is 0 Å². The summed E-state index contributed by atoms with van der Waals surface area (Å²) in [5.74, 6) is 1.88. The first kappa shape index (κ1) is 19.7. The Bertz CT molecular complexity index is 741. The van der Waals surface area contributed by atoms with Gasteiger partial charge in [0.1, 0.15) is 12.2 Å². The first-order chi connectivity index (χ1) is 13.2. The molecular formula is C19H28BrN7. The molecule has 2 N–H and O–H groups in total. The topological polar surface area (TPSA) is 70.4 Å². The molecule has 3 rings (SSSR count). The lowest BCUT2D eigenvalue weighted by Crippen LogP contribution is -2.44. The Morgan fingerprint density at radius 1 is 1.30 bits per heavy atom. The minimum absolute atomic E-state index is 0.396. The Morgan fingerprint density at radius 3 is 2.85 bits per heavy atom. The van der Waals surface area contributed by atoms with Gasteiger partial charge in [0.05, 0.1) is 6.54 Å². The number of aromatic nitrogens is 3. The molecular weight excluding hydrogens is 406 g/mol. The largest absolute Gasteiger partial charge is 0.369 e. The summed E-state index contributed by atoms with van der Waals surface area (Å²) in [6.07, 6.45) is 3.77. The predicted octanol–water partition coefficient (Wildman–Crippen LogP) is 2.44. The van der Waals surface area contributed by atoms with Gasteiger partial charge < -0.3 is 20.1 Å². The summed E-state index contributed by atoms with van der Waals surface area (Å²) in [5, 5.41) is 15.0. The normalized spacial score (nSPS) is 17.4. The monoisotopic (exact) mass is 433 g/mol. The van der Waals surface area contributed by atoms with Gasteiger partial charge in [0, 0.05) is 48.8 Å². The van der Waals surface area contributed by atoms with Crippen molar-refractivity contribution in [3.05, 3.63) is 40.9 Å². The quantitative estimate of drug-likeness (QED) is 0.518. The van der Waals surface area contributed by atoms with Crippen LogP contribution in [0.1, 0.15) is 26.1 Å². The summed E-state index contributed by atoms with van der Waals surface area (Å²) in [6.45, 7) is 8.56. The fraction of sp³-hybridized carbons (Fsp3) is 0.526. The van der Waals surface area contributed by atoms with Crippen LogP contribution < -0.4 is 15.5 Å². The molecule has 1 unspecified atom stereocenters. The predicted molar refractivity (Wildman–Crippen MR) is 113 cm³/mol. The SMILES string of the molecule is CCNC(=NCCn1cnnc1CC)NC1CCN(c2ccc(Br)cc2)C1. The van der Waals surface area contributed by atoms with Crippen molar-refractivity contribution in [2.45, 2.75) is 39.3 Å². The zero-order valence-electron chi connectivity index (χ0n) is 16.0. The van der Waals surface area contributed by atoms with Crippen molar-refractivity contribution in [1.29, 1.82) is 0 Å². The molecule has 1 fully saturated rings. The number of rotatable bonds is 7. The highest BCUT2D eigenvalue weighted by Gasteiger charge is 2.23. The van der Waals surface area contributed by atoms with Crippen LogP contribution in [0.2, 0.25) is 0 Å². The van der Waals surface area contributed by atoms with Crippen molar-refractivity contribution in [2.75, 3.05) is 31.1 Å². The standard InChI is InChI=1S/C19H28BrN7/c1-3-18-25-23-14-27(18)12-10-22-19(21-4-2)24-16-9-11-26(13-16)17-7-5-15(20)6-8-17/h5-8,14,16H,3-4,9-13H2,1-2H3,(H2,21,22,24). The van der Waals surface area contributed by atoms with Gasteiger partial charge in [0.15, 0.2) is 5.96 Å². The Labute approximate surface area is 169 Å². The molecule has 2 heterocycles. The molecule has 1 aliphatic rings. The van der Waals surface area contributed by atoms with Gasteiger partial charge in [0.2, 0.25) is 0 Å². The minimum Gasteiger partial charge on any atom is -0.369 e. The fourth-order valence-corrected chi connectivity index (χ4v) is 3.55. The van der Waals surface area contributed by atoms with E-state index < -0.39 is 0 Å². The first-order valence-corrected chi connectivity index (χ1v) is 10.4. The highest BCUT2D eigenvalue weighted by atomic mass is 79.9. The molecule has 0 bridgehead atoms. The average Bonchev–Trinajstić information content (AvgIpc) is 3.32. The Morgan fingerprint density at radius 2 is 2.11 bits per heavy atom. The van der Waals surface area contributed by atoms with Gasteiger partial charge in [-0.3, -0.25) is 4.99 Å². The first-order valence-electron chi connectivity index (χ1n) is 9.61. The molecule has 2 aromatic rings. The third kappa shape index (κ3) is 5.45. The zero-order chi connectivity index (χ0) is 19.1. The second kappa shape index (κ2) is 9.73. The highest BCUT2D eigenvalue weighted by molar-refractivity contribution is 9.10. The number of nitrogens with one attached hydrogen (secondary N) is 2. The van der Waals surface area contributed by atoms with Gasteiger partial charge in [-0.2, -0.15) is 0 Å². The Kier molecular flexibility index (Phi) is 7.09. The number of benzene rings is 1. The van der Waals surface area contributed by atoms with Crippen molar-refractivity contribution >= 4 is 27.6 Å². The van der Waals surface area contributed by atoms with E-state index in [4.69, 9.17) is 4.99 Å². The molecule has 0 spiro atoms. The van der Waals surface area contributed by atoms with E-state index in [1.165, 1.54) is 5.69 Å². The van der Waals surface area contributed by atoms with Crippen molar-refractivity contribution in [3.63, 3.8) is 0 Å². The lowest BCUT2D eigenvalue weighted by molar-refractivity contribution is 0.634. The maximum absolute atomic E-state index is 4.73. The van der Waals surface area contributed by atoms with E-state index >= 15 is 0 Å². The van der Waals surface area contributed by atoms with Gasteiger partial charge in [0.25, 0.3) is 0 Å². The summed E-state index contributed by atoms with van der Waals surface area (Å²) < 4.78 is 3.18. The maximum Gasteiger partial charge on any atom is 0.191 e. The van der Waals surface area contributed by atoms with Gasteiger partial charge in [-0.25, -0.2) is 0 Å². The van der Waals surface area contributed by atoms with Gasteiger partial charge in [-0.05, 0) is 37.6 Å². The summed E-state index contributed by atoms with van der Waals surface area (Å²) >= 11 is 3.50. The summed E-state index contributed by atoms with van der Waals surface area (Å²) in [5.41, 5.74) is 1.27. The molecule has 1 aromatic heterocycles. The lowest BCUT2D eigenvalue weighted by Gasteiger charge is -2.20. The van der Waals surface area contributed by atoms with E-state index in [1.54, 1.807) is 6.33 Å². The molecule has 0 amide bonds. The molecule has 0 aliphatic carbocycles. The third-order valence-corrected chi connectivity index (χ3v) is 5.22. The zero-order valence-corrected chi connectivity index (χ0v) is 17.6. The molecule has 1 saturated heterocycles. The minimum atomic E-state index is 0.396. The number of aryl methyl sites for hydroxylation is 1. The number of halogens is 1. The Balaban J connectivity index is 1.53. The van der Waals surface area contributed by atoms with Crippen LogP contribution in [-0.2, 0) is 13.0 Å². The Hall–Kier alpha value is -2.09. The average molecular weight is 434 g/mol. The molecule has 146 valence electrons. The number of guanidine groups is 1. The van der Waals surface area contributed by atoms with Crippen LogP contribution in [0.4, 0.5) is 5.69 Å². The molecule has 1 atom stereocenters. The molecule has 0 radical (unpaired) electrons. The summed E-state index contributed by atoms with van der Waals surface area (Å²) in [4.78, 5) is 7.14. The van der Waals surface area contributed by atoms with Crippen LogP contribution in [0.5, 0.6) is 0 Å². The van der Waals surface area contributed by atoms with Crippen LogP contribution in [0.3, 0.4) is 0 Å². The van der Waals surface area contributed by atoms with E-state index in [2.05, 4.69) is 84.3 Å². The van der Waals surface area contributed by atoms with Crippen LogP contribution in [-0.4, -0.2) is 52.9 Å². The van der Waals surface area contributed by atoms with Crippen molar-refractivity contribution in [2.24, 2.45) is 4.99 Å². The molecule has 27 heavy (non-hydrogen) atoms. The van der Waals surface area contributed by atoms with Crippen molar-refractivity contribution < 1.29 is 0 Å². The second-order valence-electron chi connectivity index (χ2n) is 6.61. The highest BCUT2D eigenvalue weighted by Crippen LogP contribution is 2.22. The van der Waals surface area contributed by atoms with E-state index in [1.807, 2.05) is 0 Å². The van der Waals surface area contributed by atoms with E-state index in [0.717, 1.165) is 55.3 Å². The number of aliphatic imine (C=N–C) groups is 1. The van der Waals surface area contributed by atoms with Gasteiger partial charge >= 0.3 is 0 Å². The smallest absolute Gasteiger partial charge is 0.191 e. The number of nitrogens with zero attached hydrogens (tertiary/aromatic N) is 5. The maximum atomic E-state index is 4.73. The molecule has 1 aromatic carbocycles. The molecule has 7 nitrogen and oxygen atoms in total. The molecule has 1 aliphatic heterocycles. The van der Waals surface area contributed by atoms with Crippen LogP contribution in [0.15, 0.2) is 40.1 Å². The van der Waals surface area contributed by atoms with E-state index in [0.29, 0.717) is 12.6 Å². The molecule has 8 heteroatoms. The fourth-order valence-electron chi connectivity index (χ4n) is 3.29. The second-order valence-corrected chi connectivity index (χ2v) is 7.52. The van der Waals surface area contributed by atoms with Gasteiger partial charge in [-0.1, -0.05) is 22.9 Å². The summed E-state index contributed by atoms with van der Waals surface area (Å²) in [7, 11) is 0. The number of anilines is 1. The molecule has 0 saturated carbocycles. The van der Waals surface area contributed by atoms with E-state index in [-0.39, 0.29) is 0 Å². The third-order valence-electron chi connectivity index (χ3n) is 4.69. The van der Waals surface area contributed by atoms with Crippen molar-refractivity contribution in [3.8, 4) is 0 Å². The lowest BCUT2D eigenvalue weighted by atomic mass is 10.3. The number of hydrogen-bond acceptors (Lipinski definition) is 4. The van der Waals surface area contributed by atoms with Crippen molar-refractivity contribution in [1.82, 2.24) is 25.4 Å². The van der Waals surface area contributed by atoms with Crippen LogP contribution in [0.25, 0.3) is 0 Å². The van der Waals surface area contributed by atoms with Crippen LogP contribution in [0, 0.1) is 0 Å².